The Morgan fingerprint density at radius 2 is 2.00 bits per heavy atom. The Labute approximate surface area is 161 Å². The molecule has 0 aliphatic carbocycles. The molecule has 0 saturated carbocycles. The number of nitrogens with zero attached hydrogens (tertiary/aromatic N) is 5. The van der Waals surface area contributed by atoms with Crippen LogP contribution in [0.2, 0.25) is 0 Å². The van der Waals surface area contributed by atoms with Crippen molar-refractivity contribution < 1.29 is 4.39 Å². The molecule has 0 amide bonds. The monoisotopic (exact) mass is 372 g/mol. The highest BCUT2D eigenvalue weighted by Gasteiger charge is 2.17. The molecule has 0 saturated heterocycles. The van der Waals surface area contributed by atoms with Crippen LogP contribution in [-0.2, 0) is 6.54 Å². The highest BCUT2D eigenvalue weighted by molar-refractivity contribution is 6.49. The number of fused-ring (bicyclic) bond motifs is 1. The van der Waals surface area contributed by atoms with E-state index in [9.17, 15) is 4.39 Å². The normalized spacial score (nSPS) is 16.7. The van der Waals surface area contributed by atoms with Crippen LogP contribution in [0.4, 0.5) is 4.39 Å². The zero-order valence-electron chi connectivity index (χ0n) is 15.0. The van der Waals surface area contributed by atoms with Gasteiger partial charge < -0.3 is 5.32 Å². The minimum absolute atomic E-state index is 0.237. The van der Waals surface area contributed by atoms with Gasteiger partial charge in [-0.15, -0.1) is 0 Å². The van der Waals surface area contributed by atoms with Gasteiger partial charge in [0.2, 0.25) is 0 Å². The van der Waals surface area contributed by atoms with E-state index < -0.39 is 0 Å². The summed E-state index contributed by atoms with van der Waals surface area (Å²) in [5, 5.41) is 2.90. The second kappa shape index (κ2) is 7.40. The molecule has 1 aromatic heterocycles. The van der Waals surface area contributed by atoms with E-state index in [1.165, 1.54) is 24.7 Å². The Morgan fingerprint density at radius 1 is 1.18 bits per heavy atom. The molecule has 7 heteroatoms. The summed E-state index contributed by atoms with van der Waals surface area (Å²) in [5.41, 5.74) is 3.36. The average molecular weight is 372 g/mol. The molecule has 0 atom stereocenters. The highest BCUT2D eigenvalue weighted by Crippen LogP contribution is 2.23. The van der Waals surface area contributed by atoms with Gasteiger partial charge >= 0.3 is 0 Å². The van der Waals surface area contributed by atoms with E-state index in [2.05, 4.69) is 38.4 Å². The van der Waals surface area contributed by atoms with Gasteiger partial charge in [-0.25, -0.2) is 14.4 Å². The number of rotatable bonds is 4. The summed E-state index contributed by atoms with van der Waals surface area (Å²) >= 11 is 0. The van der Waals surface area contributed by atoms with Crippen molar-refractivity contribution in [2.24, 2.45) is 15.0 Å². The third-order valence-electron chi connectivity index (χ3n) is 4.21. The SMILES string of the molecule is C=CN=C1C(=C)NC=NC1=NCc1nc2ccc(F)cc2n1-c1ccccc1. The lowest BCUT2D eigenvalue weighted by molar-refractivity contribution is 0.629. The summed E-state index contributed by atoms with van der Waals surface area (Å²) in [4.78, 5) is 17.6. The molecule has 0 radical (unpaired) electrons. The van der Waals surface area contributed by atoms with E-state index in [0.717, 1.165) is 5.69 Å². The van der Waals surface area contributed by atoms with Gasteiger partial charge in [0, 0.05) is 18.0 Å². The lowest BCUT2D eigenvalue weighted by Crippen LogP contribution is -2.30. The van der Waals surface area contributed by atoms with Gasteiger partial charge in [-0.1, -0.05) is 31.4 Å². The van der Waals surface area contributed by atoms with Crippen LogP contribution in [0.3, 0.4) is 0 Å². The molecule has 2 heterocycles. The molecule has 6 nitrogen and oxygen atoms in total. The molecule has 0 fully saturated rings. The van der Waals surface area contributed by atoms with Crippen molar-refractivity contribution in [3.05, 3.63) is 85.2 Å². The summed E-state index contributed by atoms with van der Waals surface area (Å²) in [7, 11) is 0. The Balaban J connectivity index is 1.82. The number of amidine groups is 1. The first-order valence-electron chi connectivity index (χ1n) is 8.61. The van der Waals surface area contributed by atoms with Gasteiger partial charge in [-0.3, -0.25) is 14.6 Å². The average Bonchev–Trinajstić information content (AvgIpc) is 3.06. The number of hydrogen-bond donors (Lipinski definition) is 1. The number of hydrogen-bond acceptors (Lipinski definition) is 4. The number of benzene rings is 2. The Bertz CT molecular complexity index is 1150. The van der Waals surface area contributed by atoms with Crippen molar-refractivity contribution in [1.29, 1.82) is 0 Å². The van der Waals surface area contributed by atoms with Crippen LogP contribution in [-0.4, -0.2) is 27.4 Å². The largest absolute Gasteiger partial charge is 0.345 e. The van der Waals surface area contributed by atoms with Gasteiger partial charge in [-0.05, 0) is 24.3 Å². The van der Waals surface area contributed by atoms with Crippen molar-refractivity contribution in [2.45, 2.75) is 6.54 Å². The minimum atomic E-state index is -0.317. The fraction of sp³-hybridized carbons (Fsp3) is 0.0476. The van der Waals surface area contributed by atoms with E-state index in [1.54, 1.807) is 6.07 Å². The third-order valence-corrected chi connectivity index (χ3v) is 4.21. The van der Waals surface area contributed by atoms with Crippen molar-refractivity contribution in [2.75, 3.05) is 0 Å². The zero-order chi connectivity index (χ0) is 19.5. The molecule has 138 valence electrons. The predicted molar refractivity (Wildman–Crippen MR) is 111 cm³/mol. The first-order valence-corrected chi connectivity index (χ1v) is 8.61. The molecule has 1 aliphatic heterocycles. The minimum Gasteiger partial charge on any atom is -0.345 e. The fourth-order valence-electron chi connectivity index (χ4n) is 2.99. The number of para-hydroxylation sites is 1. The first kappa shape index (κ1) is 17.5. The summed E-state index contributed by atoms with van der Waals surface area (Å²) in [5.74, 6) is 0.778. The lowest BCUT2D eigenvalue weighted by Gasteiger charge is -2.13. The van der Waals surface area contributed by atoms with Crippen molar-refractivity contribution in [3.8, 4) is 5.69 Å². The standard InChI is InChI=1S/C21H17FN6/c1-3-23-20-14(2)25-13-26-21(20)24-12-19-27-17-10-9-15(22)11-18(17)28(19)16-7-5-4-6-8-16/h3-11,13H,1-2,12H2,(H,24,25,26). The van der Waals surface area contributed by atoms with Crippen molar-refractivity contribution in [1.82, 2.24) is 14.9 Å². The van der Waals surface area contributed by atoms with E-state index in [4.69, 9.17) is 0 Å². The Morgan fingerprint density at radius 3 is 2.79 bits per heavy atom. The lowest BCUT2D eigenvalue weighted by atomic mass is 10.2. The summed E-state index contributed by atoms with van der Waals surface area (Å²) in [6.07, 6.45) is 2.93. The Kier molecular flexibility index (Phi) is 4.63. The van der Waals surface area contributed by atoms with Crippen LogP contribution in [0.5, 0.6) is 0 Å². The van der Waals surface area contributed by atoms with Crippen LogP contribution in [0.1, 0.15) is 5.82 Å². The highest BCUT2D eigenvalue weighted by atomic mass is 19.1. The number of aliphatic imine (C=N–C) groups is 3. The first-order chi connectivity index (χ1) is 13.7. The Hall–Kier alpha value is -3.87. The van der Waals surface area contributed by atoms with Crippen LogP contribution >= 0.6 is 0 Å². The predicted octanol–water partition coefficient (Wildman–Crippen LogP) is 3.79. The smallest absolute Gasteiger partial charge is 0.177 e. The van der Waals surface area contributed by atoms with Gasteiger partial charge in [-0.2, -0.15) is 0 Å². The van der Waals surface area contributed by atoms with E-state index in [-0.39, 0.29) is 12.4 Å². The fourth-order valence-corrected chi connectivity index (χ4v) is 2.99. The molecule has 0 unspecified atom stereocenters. The quantitative estimate of drug-likeness (QED) is 0.757. The molecular weight excluding hydrogens is 355 g/mol. The summed E-state index contributed by atoms with van der Waals surface area (Å²) in [6, 6.07) is 14.2. The second-order valence-electron chi connectivity index (χ2n) is 6.01. The van der Waals surface area contributed by atoms with E-state index in [1.807, 2.05) is 34.9 Å². The topological polar surface area (TPSA) is 66.9 Å². The molecule has 28 heavy (non-hydrogen) atoms. The number of imidazole rings is 1. The van der Waals surface area contributed by atoms with Gasteiger partial charge in [0.05, 0.1) is 29.6 Å². The van der Waals surface area contributed by atoms with Crippen LogP contribution in [0, 0.1) is 5.82 Å². The summed E-state index contributed by atoms with van der Waals surface area (Å²) < 4.78 is 15.8. The third kappa shape index (κ3) is 3.25. The summed E-state index contributed by atoms with van der Waals surface area (Å²) in [6.45, 7) is 7.76. The van der Waals surface area contributed by atoms with E-state index in [0.29, 0.717) is 34.1 Å². The van der Waals surface area contributed by atoms with E-state index >= 15 is 0 Å². The zero-order valence-corrected chi connectivity index (χ0v) is 15.0. The molecule has 0 bridgehead atoms. The van der Waals surface area contributed by atoms with Crippen LogP contribution < -0.4 is 5.32 Å². The molecule has 1 N–H and O–H groups in total. The molecule has 3 aromatic rings. The molecule has 1 aliphatic rings. The van der Waals surface area contributed by atoms with Gasteiger partial charge in [0.1, 0.15) is 17.4 Å². The second-order valence-corrected chi connectivity index (χ2v) is 6.01. The molecule has 4 rings (SSSR count). The number of halogens is 1. The molecule has 0 spiro atoms. The maximum Gasteiger partial charge on any atom is 0.177 e. The van der Waals surface area contributed by atoms with Crippen molar-refractivity contribution in [3.63, 3.8) is 0 Å². The van der Waals surface area contributed by atoms with Crippen LogP contribution in [0.25, 0.3) is 16.7 Å². The maximum atomic E-state index is 13.9. The number of nitrogens with one attached hydrogen (secondary N) is 1. The van der Waals surface area contributed by atoms with Gasteiger partial charge in [0.15, 0.2) is 5.84 Å². The van der Waals surface area contributed by atoms with Crippen LogP contribution in [0.15, 0.2) is 88.6 Å². The molecular formula is C21H17FN6. The maximum absolute atomic E-state index is 13.9. The molecule has 2 aromatic carbocycles. The van der Waals surface area contributed by atoms with Gasteiger partial charge in [0.25, 0.3) is 0 Å². The number of aromatic nitrogens is 2. The van der Waals surface area contributed by atoms with Crippen molar-refractivity contribution >= 4 is 28.9 Å².